The number of nitrogens with one attached hydrogen (secondary N) is 2. The summed E-state index contributed by atoms with van der Waals surface area (Å²) in [6.45, 7) is 0.872. The topological polar surface area (TPSA) is 83.8 Å². The minimum Gasteiger partial charge on any atom is -0.352 e. The second kappa shape index (κ2) is 7.88. The highest BCUT2D eigenvalue weighted by Crippen LogP contribution is 2.07. The minimum absolute atomic E-state index is 0.114. The minimum atomic E-state index is -0.114. The molecular weight excluding hydrogens is 264 g/mol. The first-order valence-electron chi connectivity index (χ1n) is 6.85. The zero-order valence-corrected chi connectivity index (χ0v) is 11.7. The fourth-order valence-electron chi connectivity index (χ4n) is 1.92. The molecule has 21 heavy (non-hydrogen) atoms. The molecular formula is C16H18N4O. The Labute approximate surface area is 124 Å². The van der Waals surface area contributed by atoms with Crippen molar-refractivity contribution in [3.63, 3.8) is 0 Å². The van der Waals surface area contributed by atoms with Gasteiger partial charge in [0.1, 0.15) is 5.82 Å². The van der Waals surface area contributed by atoms with Crippen LogP contribution in [0.3, 0.4) is 0 Å². The van der Waals surface area contributed by atoms with Crippen molar-refractivity contribution >= 4 is 5.91 Å². The maximum Gasteiger partial charge on any atom is 0.252 e. The average Bonchev–Trinajstić information content (AvgIpc) is 3.03. The fourth-order valence-corrected chi connectivity index (χ4v) is 1.92. The van der Waals surface area contributed by atoms with Gasteiger partial charge in [-0.25, -0.2) is 4.98 Å². The third kappa shape index (κ3) is 4.48. The maximum absolute atomic E-state index is 12.2. The highest BCUT2D eigenvalue weighted by molar-refractivity contribution is 5.96. The van der Waals surface area contributed by atoms with E-state index in [0.717, 1.165) is 18.7 Å². The van der Waals surface area contributed by atoms with Crippen molar-refractivity contribution in [2.45, 2.75) is 12.8 Å². The van der Waals surface area contributed by atoms with Crippen molar-refractivity contribution in [2.24, 2.45) is 5.73 Å². The van der Waals surface area contributed by atoms with E-state index in [9.17, 15) is 4.79 Å². The van der Waals surface area contributed by atoms with Crippen molar-refractivity contribution in [1.82, 2.24) is 15.3 Å². The molecule has 1 amide bonds. The van der Waals surface area contributed by atoms with Gasteiger partial charge in [0.2, 0.25) is 0 Å². The van der Waals surface area contributed by atoms with E-state index in [1.165, 1.54) is 0 Å². The van der Waals surface area contributed by atoms with Crippen LogP contribution >= 0.6 is 0 Å². The summed E-state index contributed by atoms with van der Waals surface area (Å²) >= 11 is 0. The van der Waals surface area contributed by atoms with Gasteiger partial charge in [-0.3, -0.25) is 4.79 Å². The van der Waals surface area contributed by atoms with Crippen LogP contribution in [0, 0.1) is 11.8 Å². The van der Waals surface area contributed by atoms with Gasteiger partial charge in [-0.15, -0.1) is 0 Å². The first-order valence-corrected chi connectivity index (χ1v) is 6.85. The molecule has 0 unspecified atom stereocenters. The number of aryl methyl sites for hydroxylation is 1. The van der Waals surface area contributed by atoms with Crippen LogP contribution in [-0.4, -0.2) is 29.0 Å². The van der Waals surface area contributed by atoms with E-state index in [-0.39, 0.29) is 12.5 Å². The number of rotatable bonds is 5. The molecule has 0 bridgehead atoms. The normalized spacial score (nSPS) is 9.76. The van der Waals surface area contributed by atoms with E-state index in [0.29, 0.717) is 17.7 Å². The summed E-state index contributed by atoms with van der Waals surface area (Å²) in [5, 5.41) is 2.90. The number of amides is 1. The number of nitrogens with zero attached hydrogens (tertiary/aromatic N) is 1. The van der Waals surface area contributed by atoms with Gasteiger partial charge in [0.05, 0.1) is 12.1 Å². The first-order chi connectivity index (χ1) is 10.3. The highest BCUT2D eigenvalue weighted by atomic mass is 16.1. The van der Waals surface area contributed by atoms with Crippen LogP contribution < -0.4 is 11.1 Å². The number of aromatic amines is 1. The Hall–Kier alpha value is -2.58. The van der Waals surface area contributed by atoms with Gasteiger partial charge in [0, 0.05) is 30.9 Å². The number of carbonyl (C=O) groups is 1. The number of carbonyl (C=O) groups excluding carboxylic acids is 1. The van der Waals surface area contributed by atoms with E-state index in [1.807, 2.05) is 18.2 Å². The zero-order chi connectivity index (χ0) is 14.9. The van der Waals surface area contributed by atoms with E-state index in [2.05, 4.69) is 27.1 Å². The van der Waals surface area contributed by atoms with E-state index >= 15 is 0 Å². The second-order valence-corrected chi connectivity index (χ2v) is 4.45. The summed E-state index contributed by atoms with van der Waals surface area (Å²) in [7, 11) is 0. The summed E-state index contributed by atoms with van der Waals surface area (Å²) in [5.74, 6) is 6.50. The lowest BCUT2D eigenvalue weighted by molar-refractivity contribution is 0.0953. The van der Waals surface area contributed by atoms with Gasteiger partial charge in [0.15, 0.2) is 0 Å². The molecule has 108 valence electrons. The summed E-state index contributed by atoms with van der Waals surface area (Å²) in [5.41, 5.74) is 6.64. The molecule has 0 radical (unpaired) electrons. The zero-order valence-electron chi connectivity index (χ0n) is 11.7. The Morgan fingerprint density at radius 1 is 1.38 bits per heavy atom. The predicted octanol–water partition coefficient (Wildman–Crippen LogP) is 1.08. The molecule has 0 aliphatic heterocycles. The van der Waals surface area contributed by atoms with Crippen molar-refractivity contribution in [3.8, 4) is 11.8 Å². The first kappa shape index (κ1) is 14.8. The van der Waals surface area contributed by atoms with Gasteiger partial charge in [-0.1, -0.05) is 24.0 Å². The predicted molar refractivity (Wildman–Crippen MR) is 81.6 cm³/mol. The van der Waals surface area contributed by atoms with E-state index < -0.39 is 0 Å². The van der Waals surface area contributed by atoms with Gasteiger partial charge in [0.25, 0.3) is 5.91 Å². The Kier molecular flexibility index (Phi) is 5.56. The van der Waals surface area contributed by atoms with Crippen LogP contribution in [0.4, 0.5) is 0 Å². The Balaban J connectivity index is 1.88. The summed E-state index contributed by atoms with van der Waals surface area (Å²) in [6.07, 6.45) is 5.15. The molecule has 0 saturated heterocycles. The number of hydrogen-bond donors (Lipinski definition) is 3. The van der Waals surface area contributed by atoms with Gasteiger partial charge >= 0.3 is 0 Å². The van der Waals surface area contributed by atoms with Crippen LogP contribution in [0.5, 0.6) is 0 Å². The summed E-state index contributed by atoms with van der Waals surface area (Å²) < 4.78 is 0. The molecule has 1 aromatic heterocycles. The molecule has 0 fully saturated rings. The quantitative estimate of drug-likeness (QED) is 0.567. The van der Waals surface area contributed by atoms with Crippen LogP contribution in [0.15, 0.2) is 36.7 Å². The van der Waals surface area contributed by atoms with Crippen LogP contribution in [0.25, 0.3) is 0 Å². The standard InChI is InChI=1S/C16H18N4O/c17-9-3-6-13-5-1-2-7-14(13)16(21)20-10-4-8-15-18-11-12-19-15/h1-2,5,7,11-12H,4,8-10,17H2,(H,18,19)(H,20,21). The van der Waals surface area contributed by atoms with Gasteiger partial charge in [-0.2, -0.15) is 0 Å². The Morgan fingerprint density at radius 2 is 2.24 bits per heavy atom. The maximum atomic E-state index is 12.2. The number of aromatic nitrogens is 2. The Bertz CT molecular complexity index is 638. The molecule has 0 aliphatic rings. The lowest BCUT2D eigenvalue weighted by atomic mass is 10.1. The molecule has 1 heterocycles. The van der Waals surface area contributed by atoms with Crippen molar-refractivity contribution in [1.29, 1.82) is 0 Å². The van der Waals surface area contributed by atoms with E-state index in [4.69, 9.17) is 5.73 Å². The molecule has 5 nitrogen and oxygen atoms in total. The molecule has 1 aromatic carbocycles. The number of H-pyrrole nitrogens is 1. The monoisotopic (exact) mass is 282 g/mol. The third-order valence-electron chi connectivity index (χ3n) is 2.93. The smallest absolute Gasteiger partial charge is 0.252 e. The molecule has 0 spiro atoms. The number of benzene rings is 1. The molecule has 0 atom stereocenters. The Morgan fingerprint density at radius 3 is 3.00 bits per heavy atom. The molecule has 0 saturated carbocycles. The second-order valence-electron chi connectivity index (χ2n) is 4.45. The number of imidazole rings is 1. The fraction of sp³-hybridized carbons (Fsp3) is 0.250. The van der Waals surface area contributed by atoms with E-state index in [1.54, 1.807) is 18.5 Å². The summed E-state index contributed by atoms with van der Waals surface area (Å²) in [6, 6.07) is 7.27. The third-order valence-corrected chi connectivity index (χ3v) is 2.93. The lowest BCUT2D eigenvalue weighted by Crippen LogP contribution is -2.25. The largest absolute Gasteiger partial charge is 0.352 e. The van der Waals surface area contributed by atoms with Gasteiger partial charge in [-0.05, 0) is 18.6 Å². The van der Waals surface area contributed by atoms with Crippen molar-refractivity contribution in [3.05, 3.63) is 53.6 Å². The van der Waals surface area contributed by atoms with Crippen LogP contribution in [0.1, 0.15) is 28.2 Å². The molecule has 2 aromatic rings. The molecule has 2 rings (SSSR count). The average molecular weight is 282 g/mol. The molecule has 5 heteroatoms. The van der Waals surface area contributed by atoms with Gasteiger partial charge < -0.3 is 16.0 Å². The SMILES string of the molecule is NCC#Cc1ccccc1C(=O)NCCCc1ncc[nH]1. The lowest BCUT2D eigenvalue weighted by Gasteiger charge is -2.06. The van der Waals surface area contributed by atoms with Crippen LogP contribution in [-0.2, 0) is 6.42 Å². The van der Waals surface area contributed by atoms with Crippen molar-refractivity contribution in [2.75, 3.05) is 13.1 Å². The molecule has 4 N–H and O–H groups in total. The molecule has 0 aliphatic carbocycles. The number of nitrogens with two attached hydrogens (primary N) is 1. The number of hydrogen-bond acceptors (Lipinski definition) is 3. The highest BCUT2D eigenvalue weighted by Gasteiger charge is 2.08. The van der Waals surface area contributed by atoms with Crippen LogP contribution in [0.2, 0.25) is 0 Å². The van der Waals surface area contributed by atoms with Crippen molar-refractivity contribution < 1.29 is 4.79 Å². The summed E-state index contributed by atoms with van der Waals surface area (Å²) in [4.78, 5) is 19.3.